The van der Waals surface area contributed by atoms with Gasteiger partial charge in [-0.3, -0.25) is 14.4 Å². The SMILES string of the molecule is CC(=O)C(C(C)=O)C(=O)Nc1cccc2c1CCC2(C)C. The maximum absolute atomic E-state index is 12.2. The summed E-state index contributed by atoms with van der Waals surface area (Å²) in [7, 11) is 0. The first kappa shape index (κ1) is 15.4. The van der Waals surface area contributed by atoms with Gasteiger partial charge in [0.2, 0.25) is 5.91 Å². The number of anilines is 1. The molecule has 0 saturated heterocycles. The normalized spacial score (nSPS) is 15.7. The van der Waals surface area contributed by atoms with E-state index in [9.17, 15) is 14.4 Å². The second kappa shape index (κ2) is 5.43. The van der Waals surface area contributed by atoms with Crippen LogP contribution in [-0.2, 0) is 26.2 Å². The third-order valence-electron chi connectivity index (χ3n) is 4.24. The Labute approximate surface area is 124 Å². The van der Waals surface area contributed by atoms with E-state index in [2.05, 4.69) is 25.2 Å². The van der Waals surface area contributed by atoms with Crippen LogP contribution in [0.3, 0.4) is 0 Å². The fraction of sp³-hybridized carbons (Fsp3) is 0.471. The predicted molar refractivity (Wildman–Crippen MR) is 81.3 cm³/mol. The second-order valence-electron chi connectivity index (χ2n) is 6.36. The van der Waals surface area contributed by atoms with Crippen LogP contribution in [-0.4, -0.2) is 17.5 Å². The van der Waals surface area contributed by atoms with Crippen LogP contribution < -0.4 is 5.32 Å². The quantitative estimate of drug-likeness (QED) is 0.866. The fourth-order valence-corrected chi connectivity index (χ4v) is 3.04. The lowest BCUT2D eigenvalue weighted by Gasteiger charge is -2.20. The van der Waals surface area contributed by atoms with E-state index < -0.39 is 23.4 Å². The minimum atomic E-state index is -1.21. The molecule has 0 aromatic heterocycles. The van der Waals surface area contributed by atoms with E-state index in [1.807, 2.05) is 12.1 Å². The first-order valence-corrected chi connectivity index (χ1v) is 7.18. The number of carbonyl (C=O) groups is 3. The predicted octanol–water partition coefficient (Wildman–Crippen LogP) is 2.64. The van der Waals surface area contributed by atoms with Crippen LogP contribution in [0.25, 0.3) is 0 Å². The van der Waals surface area contributed by atoms with Crippen molar-refractivity contribution in [3.63, 3.8) is 0 Å². The fourth-order valence-electron chi connectivity index (χ4n) is 3.04. The largest absolute Gasteiger partial charge is 0.325 e. The van der Waals surface area contributed by atoms with Crippen molar-refractivity contribution in [3.8, 4) is 0 Å². The number of benzene rings is 1. The van der Waals surface area contributed by atoms with Crippen molar-refractivity contribution in [2.24, 2.45) is 5.92 Å². The lowest BCUT2D eigenvalue weighted by molar-refractivity contribution is -0.136. The number of hydrogen-bond donors (Lipinski definition) is 1. The van der Waals surface area contributed by atoms with Gasteiger partial charge in [0.25, 0.3) is 0 Å². The van der Waals surface area contributed by atoms with Crippen molar-refractivity contribution in [2.45, 2.75) is 46.0 Å². The highest BCUT2D eigenvalue weighted by molar-refractivity contribution is 6.20. The molecule has 1 aliphatic carbocycles. The topological polar surface area (TPSA) is 63.2 Å². The Balaban J connectivity index is 2.30. The van der Waals surface area contributed by atoms with Crippen LogP contribution >= 0.6 is 0 Å². The second-order valence-corrected chi connectivity index (χ2v) is 6.36. The number of carbonyl (C=O) groups excluding carboxylic acids is 3. The molecule has 0 bridgehead atoms. The van der Waals surface area contributed by atoms with E-state index in [0.717, 1.165) is 24.1 Å². The van der Waals surface area contributed by atoms with Gasteiger partial charge in [0.15, 0.2) is 5.92 Å². The summed E-state index contributed by atoms with van der Waals surface area (Å²) in [5, 5.41) is 2.76. The lowest BCUT2D eigenvalue weighted by atomic mass is 9.86. The molecule has 1 aromatic rings. The summed E-state index contributed by atoms with van der Waals surface area (Å²) in [5.74, 6) is -2.59. The van der Waals surface area contributed by atoms with Crippen molar-refractivity contribution in [1.82, 2.24) is 0 Å². The molecule has 1 N–H and O–H groups in total. The molecular formula is C17H21NO3. The highest BCUT2D eigenvalue weighted by Gasteiger charge is 2.33. The van der Waals surface area contributed by atoms with Gasteiger partial charge in [0.1, 0.15) is 11.6 Å². The Morgan fingerprint density at radius 3 is 2.33 bits per heavy atom. The van der Waals surface area contributed by atoms with E-state index in [-0.39, 0.29) is 5.41 Å². The smallest absolute Gasteiger partial charge is 0.242 e. The van der Waals surface area contributed by atoms with Gasteiger partial charge < -0.3 is 5.32 Å². The first-order valence-electron chi connectivity index (χ1n) is 7.18. The summed E-state index contributed by atoms with van der Waals surface area (Å²) in [4.78, 5) is 35.1. The number of hydrogen-bond acceptors (Lipinski definition) is 3. The van der Waals surface area contributed by atoms with Gasteiger partial charge in [-0.2, -0.15) is 0 Å². The third kappa shape index (κ3) is 2.89. The Morgan fingerprint density at radius 2 is 1.76 bits per heavy atom. The summed E-state index contributed by atoms with van der Waals surface area (Å²) in [6, 6.07) is 5.80. The van der Waals surface area contributed by atoms with Gasteiger partial charge in [0.05, 0.1) is 0 Å². The lowest BCUT2D eigenvalue weighted by Crippen LogP contribution is -2.33. The minimum Gasteiger partial charge on any atom is -0.325 e. The van der Waals surface area contributed by atoms with Crippen LogP contribution in [0, 0.1) is 5.92 Å². The zero-order valence-electron chi connectivity index (χ0n) is 12.9. The van der Waals surface area contributed by atoms with E-state index in [4.69, 9.17) is 0 Å². The van der Waals surface area contributed by atoms with Gasteiger partial charge in [0, 0.05) is 5.69 Å². The highest BCUT2D eigenvalue weighted by atomic mass is 16.2. The zero-order valence-corrected chi connectivity index (χ0v) is 12.9. The van der Waals surface area contributed by atoms with E-state index in [0.29, 0.717) is 0 Å². The summed E-state index contributed by atoms with van der Waals surface area (Å²) in [6.07, 6.45) is 1.92. The van der Waals surface area contributed by atoms with Crippen LogP contribution in [0.5, 0.6) is 0 Å². The van der Waals surface area contributed by atoms with Crippen molar-refractivity contribution in [3.05, 3.63) is 29.3 Å². The molecule has 4 heteroatoms. The molecule has 2 rings (SSSR count). The van der Waals surface area contributed by atoms with Crippen LogP contribution in [0.2, 0.25) is 0 Å². The molecule has 0 unspecified atom stereocenters. The molecular weight excluding hydrogens is 266 g/mol. The number of nitrogens with one attached hydrogen (secondary N) is 1. The van der Waals surface area contributed by atoms with Gasteiger partial charge >= 0.3 is 0 Å². The Morgan fingerprint density at radius 1 is 1.14 bits per heavy atom. The molecule has 0 aliphatic heterocycles. The van der Waals surface area contributed by atoms with E-state index in [1.54, 1.807) is 0 Å². The number of rotatable bonds is 4. The molecule has 0 heterocycles. The van der Waals surface area contributed by atoms with Crippen molar-refractivity contribution in [1.29, 1.82) is 0 Å². The Hall–Kier alpha value is -1.97. The van der Waals surface area contributed by atoms with E-state index in [1.165, 1.54) is 19.4 Å². The Kier molecular flexibility index (Phi) is 3.99. The average Bonchev–Trinajstić information content (AvgIpc) is 2.65. The molecule has 0 fully saturated rings. The molecule has 0 saturated carbocycles. The maximum atomic E-state index is 12.2. The summed E-state index contributed by atoms with van der Waals surface area (Å²) < 4.78 is 0. The average molecular weight is 287 g/mol. The van der Waals surface area contributed by atoms with Crippen molar-refractivity contribution in [2.75, 3.05) is 5.32 Å². The number of amides is 1. The number of fused-ring (bicyclic) bond motifs is 1. The van der Waals surface area contributed by atoms with Gasteiger partial charge in [-0.25, -0.2) is 0 Å². The van der Waals surface area contributed by atoms with Gasteiger partial charge in [-0.05, 0) is 49.3 Å². The van der Waals surface area contributed by atoms with Gasteiger partial charge in [-0.15, -0.1) is 0 Å². The standard InChI is InChI=1S/C17H21NO3/c1-10(19)15(11(2)20)16(21)18-14-7-5-6-13-12(14)8-9-17(13,3)4/h5-7,15H,8-9H2,1-4H3,(H,18,21). The van der Waals surface area contributed by atoms with Crippen molar-refractivity contribution >= 4 is 23.2 Å². The molecule has 1 aliphatic rings. The molecule has 112 valence electrons. The molecule has 0 spiro atoms. The molecule has 0 radical (unpaired) electrons. The van der Waals surface area contributed by atoms with E-state index >= 15 is 0 Å². The third-order valence-corrected chi connectivity index (χ3v) is 4.24. The summed E-state index contributed by atoms with van der Waals surface area (Å²) in [5.41, 5.74) is 3.15. The van der Waals surface area contributed by atoms with Gasteiger partial charge in [-0.1, -0.05) is 26.0 Å². The number of ketones is 2. The monoisotopic (exact) mass is 287 g/mol. The zero-order chi connectivity index (χ0) is 15.8. The van der Waals surface area contributed by atoms with Crippen LogP contribution in [0.15, 0.2) is 18.2 Å². The molecule has 21 heavy (non-hydrogen) atoms. The van der Waals surface area contributed by atoms with Crippen LogP contribution in [0.1, 0.15) is 45.2 Å². The Bertz CT molecular complexity index is 602. The molecule has 0 atom stereocenters. The highest BCUT2D eigenvalue weighted by Crippen LogP contribution is 2.41. The summed E-state index contributed by atoms with van der Waals surface area (Å²) in [6.45, 7) is 6.89. The van der Waals surface area contributed by atoms with Crippen molar-refractivity contribution < 1.29 is 14.4 Å². The first-order chi connectivity index (χ1) is 9.74. The summed E-state index contributed by atoms with van der Waals surface area (Å²) >= 11 is 0. The molecule has 4 nitrogen and oxygen atoms in total. The number of Topliss-reactive ketones (excluding diaryl/α,β-unsaturated/α-hetero) is 2. The van der Waals surface area contributed by atoms with Crippen LogP contribution in [0.4, 0.5) is 5.69 Å². The molecule has 1 amide bonds. The maximum Gasteiger partial charge on any atom is 0.242 e. The minimum absolute atomic E-state index is 0.0939. The molecule has 1 aromatic carbocycles.